The topological polar surface area (TPSA) is 84.2 Å². The van der Waals surface area contributed by atoms with Crippen LogP contribution < -0.4 is 10.6 Å². The van der Waals surface area contributed by atoms with Crippen LogP contribution in [0.15, 0.2) is 59.3 Å². The molecule has 3 rings (SSSR count). The summed E-state index contributed by atoms with van der Waals surface area (Å²) in [6.45, 7) is 3.77. The van der Waals surface area contributed by atoms with Gasteiger partial charge in [0.25, 0.3) is 11.8 Å². The second kappa shape index (κ2) is 7.00. The molecule has 2 N–H and O–H groups in total. The third kappa shape index (κ3) is 3.92. The third-order valence-electron chi connectivity index (χ3n) is 3.65. The summed E-state index contributed by atoms with van der Waals surface area (Å²) in [5, 5.41) is 5.48. The lowest BCUT2D eigenvalue weighted by Crippen LogP contribution is -2.15. The van der Waals surface area contributed by atoms with E-state index in [0.29, 0.717) is 17.1 Å². The van der Waals surface area contributed by atoms with Crippen LogP contribution in [0.1, 0.15) is 32.0 Å². The molecular formula is C19H17N3O3. The molecule has 0 aliphatic heterocycles. The third-order valence-corrected chi connectivity index (χ3v) is 3.65. The smallest absolute Gasteiger partial charge is 0.291 e. The zero-order valence-electron chi connectivity index (χ0n) is 13.9. The molecule has 0 atom stereocenters. The predicted molar refractivity (Wildman–Crippen MR) is 94.8 cm³/mol. The molecule has 6 heteroatoms. The molecule has 0 radical (unpaired) electrons. The lowest BCUT2D eigenvalue weighted by molar-refractivity contribution is 0.0993. The Kier molecular flexibility index (Phi) is 4.61. The minimum absolute atomic E-state index is 0.207. The van der Waals surface area contributed by atoms with Gasteiger partial charge in [0.05, 0.1) is 6.26 Å². The molecule has 0 aliphatic carbocycles. The summed E-state index contributed by atoms with van der Waals surface area (Å²) in [4.78, 5) is 28.7. The Morgan fingerprint density at radius 3 is 2.52 bits per heavy atom. The Morgan fingerprint density at radius 1 is 1.00 bits per heavy atom. The summed E-state index contributed by atoms with van der Waals surface area (Å²) in [5.74, 6) is 0.00571. The highest BCUT2D eigenvalue weighted by Crippen LogP contribution is 2.19. The van der Waals surface area contributed by atoms with Gasteiger partial charge < -0.3 is 15.1 Å². The van der Waals surface area contributed by atoms with Crippen molar-refractivity contribution in [2.75, 3.05) is 10.6 Å². The zero-order chi connectivity index (χ0) is 17.8. The van der Waals surface area contributed by atoms with Crippen molar-refractivity contribution in [3.05, 3.63) is 77.4 Å². The van der Waals surface area contributed by atoms with Crippen molar-refractivity contribution in [1.82, 2.24) is 4.98 Å². The van der Waals surface area contributed by atoms with Crippen LogP contribution in [0.2, 0.25) is 0 Å². The van der Waals surface area contributed by atoms with Crippen LogP contribution >= 0.6 is 0 Å². The molecule has 2 heterocycles. The number of amides is 2. The summed E-state index contributed by atoms with van der Waals surface area (Å²) in [6.07, 6.45) is 3.11. The first-order valence-corrected chi connectivity index (χ1v) is 7.72. The molecule has 2 aromatic heterocycles. The molecule has 0 saturated heterocycles. The first kappa shape index (κ1) is 16.4. The number of hydrogen-bond acceptors (Lipinski definition) is 4. The number of carbonyl (C=O) groups is 2. The van der Waals surface area contributed by atoms with Crippen LogP contribution in [0.25, 0.3) is 0 Å². The summed E-state index contributed by atoms with van der Waals surface area (Å²) in [7, 11) is 0. The highest BCUT2D eigenvalue weighted by molar-refractivity contribution is 6.06. The van der Waals surface area contributed by atoms with E-state index < -0.39 is 0 Å². The minimum Gasteiger partial charge on any atom is -0.459 e. The highest BCUT2D eigenvalue weighted by atomic mass is 16.3. The van der Waals surface area contributed by atoms with Crippen molar-refractivity contribution in [2.24, 2.45) is 0 Å². The lowest BCUT2D eigenvalue weighted by atomic mass is 10.1. The van der Waals surface area contributed by atoms with Crippen molar-refractivity contribution >= 4 is 23.3 Å². The Bertz CT molecular complexity index is 900. The Morgan fingerprint density at radius 2 is 1.84 bits per heavy atom. The lowest BCUT2D eigenvalue weighted by Gasteiger charge is -2.10. The molecule has 0 bridgehead atoms. The largest absolute Gasteiger partial charge is 0.459 e. The van der Waals surface area contributed by atoms with E-state index in [0.717, 1.165) is 11.1 Å². The van der Waals surface area contributed by atoms with Crippen LogP contribution in [0.4, 0.5) is 11.5 Å². The summed E-state index contributed by atoms with van der Waals surface area (Å²) >= 11 is 0. The fourth-order valence-electron chi connectivity index (χ4n) is 2.22. The number of pyridine rings is 1. The van der Waals surface area contributed by atoms with Gasteiger partial charge in [0.15, 0.2) is 5.76 Å². The maximum absolute atomic E-state index is 12.4. The molecule has 126 valence electrons. The molecule has 3 aromatic rings. The van der Waals surface area contributed by atoms with E-state index in [1.54, 1.807) is 42.6 Å². The molecule has 25 heavy (non-hydrogen) atoms. The molecule has 1 aromatic carbocycles. The van der Waals surface area contributed by atoms with Crippen LogP contribution in [-0.2, 0) is 0 Å². The van der Waals surface area contributed by atoms with E-state index in [1.165, 1.54) is 6.26 Å². The molecule has 2 amide bonds. The highest BCUT2D eigenvalue weighted by Gasteiger charge is 2.13. The van der Waals surface area contributed by atoms with Crippen LogP contribution in [0.3, 0.4) is 0 Å². The average molecular weight is 335 g/mol. The van der Waals surface area contributed by atoms with E-state index >= 15 is 0 Å². The number of aryl methyl sites for hydroxylation is 2. The van der Waals surface area contributed by atoms with E-state index in [1.807, 2.05) is 19.9 Å². The molecule has 0 unspecified atom stereocenters. The molecule has 0 fully saturated rings. The standard InChI is InChI=1S/C19H17N3O3/c1-12-5-8-17(20-11-12)22-18(23)14-7-6-13(2)15(10-14)21-19(24)16-4-3-9-25-16/h3-11H,1-2H3,(H,21,24)(H,20,22,23). The Balaban J connectivity index is 1.77. The van der Waals surface area contributed by atoms with Crippen molar-refractivity contribution in [2.45, 2.75) is 13.8 Å². The minimum atomic E-state index is -0.370. The fourth-order valence-corrected chi connectivity index (χ4v) is 2.22. The van der Waals surface area contributed by atoms with Gasteiger partial charge in [0.1, 0.15) is 5.82 Å². The second-order valence-electron chi connectivity index (χ2n) is 5.64. The van der Waals surface area contributed by atoms with Gasteiger partial charge in [-0.05, 0) is 55.3 Å². The number of aromatic nitrogens is 1. The van der Waals surface area contributed by atoms with Gasteiger partial charge in [-0.25, -0.2) is 4.98 Å². The van der Waals surface area contributed by atoms with E-state index in [2.05, 4.69) is 15.6 Å². The van der Waals surface area contributed by atoms with Gasteiger partial charge in [0.2, 0.25) is 0 Å². The molecule has 0 spiro atoms. The van der Waals surface area contributed by atoms with Gasteiger partial charge in [-0.3, -0.25) is 9.59 Å². The number of nitrogens with one attached hydrogen (secondary N) is 2. The molecule has 6 nitrogen and oxygen atoms in total. The van der Waals surface area contributed by atoms with Gasteiger partial charge in [-0.15, -0.1) is 0 Å². The quantitative estimate of drug-likeness (QED) is 0.759. The van der Waals surface area contributed by atoms with Gasteiger partial charge in [-0.1, -0.05) is 12.1 Å². The fraction of sp³-hybridized carbons (Fsp3) is 0.105. The van der Waals surface area contributed by atoms with Crippen molar-refractivity contribution in [3.63, 3.8) is 0 Å². The van der Waals surface area contributed by atoms with Crippen molar-refractivity contribution in [1.29, 1.82) is 0 Å². The predicted octanol–water partition coefficient (Wildman–Crippen LogP) is 3.80. The monoisotopic (exact) mass is 335 g/mol. The maximum Gasteiger partial charge on any atom is 0.291 e. The first-order chi connectivity index (χ1) is 12.0. The molecular weight excluding hydrogens is 318 g/mol. The van der Waals surface area contributed by atoms with Crippen LogP contribution in [-0.4, -0.2) is 16.8 Å². The normalized spacial score (nSPS) is 10.3. The molecule has 0 aliphatic rings. The number of rotatable bonds is 4. The van der Waals surface area contributed by atoms with Gasteiger partial charge in [0, 0.05) is 17.4 Å². The Hall–Kier alpha value is -3.41. The van der Waals surface area contributed by atoms with Crippen molar-refractivity contribution in [3.8, 4) is 0 Å². The zero-order valence-corrected chi connectivity index (χ0v) is 13.9. The van der Waals surface area contributed by atoms with E-state index in [4.69, 9.17) is 4.42 Å². The van der Waals surface area contributed by atoms with Crippen LogP contribution in [0.5, 0.6) is 0 Å². The summed E-state index contributed by atoms with van der Waals surface area (Å²) < 4.78 is 5.07. The second-order valence-corrected chi connectivity index (χ2v) is 5.64. The number of hydrogen-bond donors (Lipinski definition) is 2. The Labute approximate surface area is 144 Å². The number of benzene rings is 1. The average Bonchev–Trinajstić information content (AvgIpc) is 3.13. The summed E-state index contributed by atoms with van der Waals surface area (Å²) in [6, 6.07) is 11.9. The summed E-state index contributed by atoms with van der Waals surface area (Å²) in [5.41, 5.74) is 2.81. The first-order valence-electron chi connectivity index (χ1n) is 7.72. The molecule has 0 saturated carbocycles. The maximum atomic E-state index is 12.4. The van der Waals surface area contributed by atoms with Crippen molar-refractivity contribution < 1.29 is 14.0 Å². The SMILES string of the molecule is Cc1ccc(NC(=O)c2ccc(C)c(NC(=O)c3ccco3)c2)nc1. The number of anilines is 2. The van der Waals surface area contributed by atoms with E-state index in [-0.39, 0.29) is 17.6 Å². The van der Waals surface area contributed by atoms with Gasteiger partial charge in [-0.2, -0.15) is 0 Å². The number of carbonyl (C=O) groups excluding carboxylic acids is 2. The van der Waals surface area contributed by atoms with Gasteiger partial charge >= 0.3 is 0 Å². The van der Waals surface area contributed by atoms with E-state index in [9.17, 15) is 9.59 Å². The number of nitrogens with zero attached hydrogens (tertiary/aromatic N) is 1. The number of furan rings is 1. The van der Waals surface area contributed by atoms with Crippen LogP contribution in [0, 0.1) is 13.8 Å².